The highest BCUT2D eigenvalue weighted by molar-refractivity contribution is 14.0. The number of aliphatic imine (C=N–C) groups is 1. The predicted octanol–water partition coefficient (Wildman–Crippen LogP) is 3.09. The molecule has 2 rings (SSSR count). The summed E-state index contributed by atoms with van der Waals surface area (Å²) in [6.45, 7) is 8.22. The highest BCUT2D eigenvalue weighted by Crippen LogP contribution is 2.16. The molecule has 0 saturated carbocycles. The largest absolute Gasteiger partial charge is 0.363 e. The average molecular weight is 474 g/mol. The summed E-state index contributed by atoms with van der Waals surface area (Å²) in [4.78, 5) is 16.9. The van der Waals surface area contributed by atoms with E-state index in [1.807, 2.05) is 51.0 Å². The topological polar surface area (TPSA) is 65.4 Å². The summed E-state index contributed by atoms with van der Waals surface area (Å²) in [5.41, 5.74) is 2.03. The first kappa shape index (κ1) is 21.6. The van der Waals surface area contributed by atoms with Crippen molar-refractivity contribution >= 4 is 47.1 Å². The molecule has 0 spiro atoms. The van der Waals surface area contributed by atoms with Crippen molar-refractivity contribution in [2.75, 3.05) is 25.5 Å². The number of aromatic nitrogens is 2. The summed E-state index contributed by atoms with van der Waals surface area (Å²) in [5.74, 6) is 1.73. The maximum absolute atomic E-state index is 4.63. The maximum atomic E-state index is 4.63. The molecule has 25 heavy (non-hydrogen) atoms. The summed E-state index contributed by atoms with van der Waals surface area (Å²) in [7, 11) is 3.97. The first-order valence-electron chi connectivity index (χ1n) is 8.08. The minimum absolute atomic E-state index is 0. The van der Waals surface area contributed by atoms with Gasteiger partial charge in [-0.05, 0) is 32.9 Å². The normalized spacial score (nSPS) is 11.0. The molecule has 2 heterocycles. The lowest BCUT2D eigenvalue weighted by molar-refractivity contribution is 0.814. The van der Waals surface area contributed by atoms with E-state index in [9.17, 15) is 0 Å². The number of thiazole rings is 1. The number of rotatable bonds is 6. The van der Waals surface area contributed by atoms with Crippen molar-refractivity contribution in [3.8, 4) is 0 Å². The molecule has 0 aliphatic rings. The number of hydrogen-bond donors (Lipinski definition) is 2. The summed E-state index contributed by atoms with van der Waals surface area (Å²) in [6.07, 6.45) is 0. The molecule has 0 bridgehead atoms. The van der Waals surface area contributed by atoms with Gasteiger partial charge in [-0.3, -0.25) is 0 Å². The molecule has 0 aliphatic heterocycles. The van der Waals surface area contributed by atoms with E-state index in [2.05, 4.69) is 32.5 Å². The van der Waals surface area contributed by atoms with Gasteiger partial charge in [0.15, 0.2) is 5.96 Å². The quantitative estimate of drug-likeness (QED) is 0.383. The lowest BCUT2D eigenvalue weighted by atomic mass is 10.3. The van der Waals surface area contributed by atoms with Gasteiger partial charge in [-0.2, -0.15) is 0 Å². The van der Waals surface area contributed by atoms with Crippen LogP contribution in [0.15, 0.2) is 23.2 Å². The van der Waals surface area contributed by atoms with Crippen LogP contribution in [0.4, 0.5) is 5.82 Å². The molecule has 2 aromatic heterocycles. The molecule has 0 radical (unpaired) electrons. The molecule has 0 aromatic carbocycles. The summed E-state index contributed by atoms with van der Waals surface area (Å²) < 4.78 is 0. The third-order valence-corrected chi connectivity index (χ3v) is 4.48. The van der Waals surface area contributed by atoms with Gasteiger partial charge in [0.1, 0.15) is 5.82 Å². The Hall–Kier alpha value is -1.42. The molecule has 6 nitrogen and oxygen atoms in total. The average Bonchev–Trinajstić information content (AvgIpc) is 2.88. The third kappa shape index (κ3) is 6.77. The number of nitrogens with one attached hydrogen (secondary N) is 2. The summed E-state index contributed by atoms with van der Waals surface area (Å²) in [5, 5.41) is 7.73. The molecule has 0 saturated heterocycles. The van der Waals surface area contributed by atoms with E-state index in [1.165, 1.54) is 4.88 Å². The van der Waals surface area contributed by atoms with E-state index in [4.69, 9.17) is 0 Å². The number of nitrogens with zero attached hydrogens (tertiary/aromatic N) is 4. The van der Waals surface area contributed by atoms with Crippen LogP contribution in [0, 0.1) is 13.8 Å². The van der Waals surface area contributed by atoms with Crippen molar-refractivity contribution in [3.05, 3.63) is 39.5 Å². The Bertz CT molecular complexity index is 698. The molecular weight excluding hydrogens is 447 g/mol. The van der Waals surface area contributed by atoms with Crippen LogP contribution < -0.4 is 15.5 Å². The first-order chi connectivity index (χ1) is 11.5. The molecule has 0 amide bonds. The second-order valence-corrected chi connectivity index (χ2v) is 6.96. The van der Waals surface area contributed by atoms with Gasteiger partial charge in [0.2, 0.25) is 0 Å². The lowest BCUT2D eigenvalue weighted by Gasteiger charge is -2.13. The molecule has 0 atom stereocenters. The number of halogens is 1. The highest BCUT2D eigenvalue weighted by atomic mass is 127. The monoisotopic (exact) mass is 474 g/mol. The van der Waals surface area contributed by atoms with Crippen molar-refractivity contribution in [3.63, 3.8) is 0 Å². The standard InChI is InChI=1S/C17H26N6S.HI/c1-6-18-17(20-11-15-12(2)21-13(3)24-15)19-10-14-8-7-9-16(22-14)23(4)5;/h7-9H,6,10-11H2,1-5H3,(H2,18,19,20);1H. The van der Waals surface area contributed by atoms with Crippen molar-refractivity contribution < 1.29 is 0 Å². The van der Waals surface area contributed by atoms with E-state index in [0.29, 0.717) is 6.54 Å². The minimum atomic E-state index is 0. The molecule has 2 N–H and O–H groups in total. The van der Waals surface area contributed by atoms with Crippen LogP contribution in [0.3, 0.4) is 0 Å². The van der Waals surface area contributed by atoms with Gasteiger partial charge < -0.3 is 15.5 Å². The van der Waals surface area contributed by atoms with E-state index >= 15 is 0 Å². The van der Waals surface area contributed by atoms with Gasteiger partial charge in [0, 0.05) is 25.5 Å². The fourth-order valence-corrected chi connectivity index (χ4v) is 3.08. The summed E-state index contributed by atoms with van der Waals surface area (Å²) in [6, 6.07) is 6.00. The van der Waals surface area contributed by atoms with Gasteiger partial charge in [-0.15, -0.1) is 35.3 Å². The van der Waals surface area contributed by atoms with Crippen molar-refractivity contribution in [1.29, 1.82) is 0 Å². The molecule has 8 heteroatoms. The Morgan fingerprint density at radius 3 is 2.56 bits per heavy atom. The summed E-state index contributed by atoms with van der Waals surface area (Å²) >= 11 is 1.72. The van der Waals surface area contributed by atoms with Crippen LogP contribution in [0.2, 0.25) is 0 Å². The number of hydrogen-bond acceptors (Lipinski definition) is 5. The van der Waals surface area contributed by atoms with Gasteiger partial charge in [-0.1, -0.05) is 6.07 Å². The Morgan fingerprint density at radius 1 is 1.20 bits per heavy atom. The predicted molar refractivity (Wildman–Crippen MR) is 117 cm³/mol. The minimum Gasteiger partial charge on any atom is -0.363 e. The zero-order valence-corrected chi connectivity index (χ0v) is 18.6. The number of pyridine rings is 1. The zero-order valence-electron chi connectivity index (χ0n) is 15.5. The van der Waals surface area contributed by atoms with Crippen LogP contribution in [-0.2, 0) is 13.1 Å². The second-order valence-electron chi connectivity index (χ2n) is 5.67. The number of guanidine groups is 1. The number of anilines is 1. The highest BCUT2D eigenvalue weighted by Gasteiger charge is 2.06. The van der Waals surface area contributed by atoms with Crippen molar-refractivity contribution in [2.24, 2.45) is 4.99 Å². The molecular formula is C17H27IN6S. The Balaban J connectivity index is 0.00000312. The smallest absolute Gasteiger partial charge is 0.191 e. The second kappa shape index (κ2) is 10.5. The van der Waals surface area contributed by atoms with Crippen LogP contribution >= 0.6 is 35.3 Å². The van der Waals surface area contributed by atoms with E-state index in [1.54, 1.807) is 11.3 Å². The fourth-order valence-electron chi connectivity index (χ4n) is 2.21. The Morgan fingerprint density at radius 2 is 1.96 bits per heavy atom. The number of aryl methyl sites for hydroxylation is 2. The Kier molecular flexibility index (Phi) is 9.12. The SMILES string of the molecule is CCNC(=NCc1cccc(N(C)C)n1)NCc1sc(C)nc1C.I. The van der Waals surface area contributed by atoms with Gasteiger partial charge >= 0.3 is 0 Å². The van der Waals surface area contributed by atoms with Crippen LogP contribution in [0.25, 0.3) is 0 Å². The first-order valence-corrected chi connectivity index (χ1v) is 8.89. The maximum Gasteiger partial charge on any atom is 0.191 e. The van der Waals surface area contributed by atoms with E-state index < -0.39 is 0 Å². The molecule has 0 unspecified atom stereocenters. The molecule has 138 valence electrons. The van der Waals surface area contributed by atoms with Crippen LogP contribution in [-0.4, -0.2) is 36.6 Å². The van der Waals surface area contributed by atoms with Crippen LogP contribution in [0.5, 0.6) is 0 Å². The van der Waals surface area contributed by atoms with Gasteiger partial charge in [0.05, 0.1) is 29.5 Å². The third-order valence-electron chi connectivity index (χ3n) is 3.41. The van der Waals surface area contributed by atoms with Gasteiger partial charge in [-0.25, -0.2) is 15.0 Å². The van der Waals surface area contributed by atoms with E-state index in [0.717, 1.165) is 41.3 Å². The van der Waals surface area contributed by atoms with Crippen molar-refractivity contribution in [2.45, 2.75) is 33.9 Å². The molecule has 0 fully saturated rings. The lowest BCUT2D eigenvalue weighted by Crippen LogP contribution is -2.36. The Labute approximate surface area is 171 Å². The molecule has 2 aromatic rings. The van der Waals surface area contributed by atoms with Crippen molar-refractivity contribution in [1.82, 2.24) is 20.6 Å². The van der Waals surface area contributed by atoms with E-state index in [-0.39, 0.29) is 24.0 Å². The zero-order chi connectivity index (χ0) is 17.5. The van der Waals surface area contributed by atoms with Crippen LogP contribution in [0.1, 0.15) is 28.2 Å². The van der Waals surface area contributed by atoms with Gasteiger partial charge in [0.25, 0.3) is 0 Å². The molecule has 0 aliphatic carbocycles. The fraction of sp³-hybridized carbons (Fsp3) is 0.471.